The normalized spacial score (nSPS) is 11.1. The van der Waals surface area contributed by atoms with Crippen molar-refractivity contribution in [3.63, 3.8) is 0 Å². The molecule has 0 saturated heterocycles. The van der Waals surface area contributed by atoms with Crippen LogP contribution in [0.5, 0.6) is 0 Å². The zero-order valence-corrected chi connectivity index (χ0v) is 15.5. The van der Waals surface area contributed by atoms with Gasteiger partial charge in [0.05, 0.1) is 25.6 Å². The van der Waals surface area contributed by atoms with Crippen LogP contribution in [0.25, 0.3) is 0 Å². The average molecular weight is 395 g/mol. The van der Waals surface area contributed by atoms with E-state index in [1.165, 1.54) is 6.92 Å². The van der Waals surface area contributed by atoms with E-state index in [9.17, 15) is 27.6 Å². The molecule has 0 spiro atoms. The Bertz CT molecular complexity index is 586. The van der Waals surface area contributed by atoms with Crippen LogP contribution in [-0.2, 0) is 38.7 Å². The van der Waals surface area contributed by atoms with Crippen LogP contribution in [0.15, 0.2) is 0 Å². The summed E-state index contributed by atoms with van der Waals surface area (Å²) in [5.41, 5.74) is 0. The van der Waals surface area contributed by atoms with Gasteiger partial charge >= 0.3 is 5.97 Å². The molecule has 0 unspecified atom stereocenters. The first-order chi connectivity index (χ1) is 12.1. The lowest BCUT2D eigenvalue weighted by molar-refractivity contribution is -0.140. The van der Waals surface area contributed by atoms with Gasteiger partial charge in [0.25, 0.3) is 0 Å². The third-order valence-corrected chi connectivity index (χ3v) is 4.23. The van der Waals surface area contributed by atoms with Gasteiger partial charge in [0.15, 0.2) is 0 Å². The van der Waals surface area contributed by atoms with Crippen molar-refractivity contribution in [2.45, 2.75) is 39.0 Å². The van der Waals surface area contributed by atoms with Gasteiger partial charge in [-0.15, -0.1) is 0 Å². The minimum absolute atomic E-state index is 0.0490. The van der Waals surface area contributed by atoms with Gasteiger partial charge in [-0.1, -0.05) is 0 Å². The van der Waals surface area contributed by atoms with Crippen LogP contribution in [0.2, 0.25) is 0 Å². The van der Waals surface area contributed by atoms with E-state index in [1.807, 2.05) is 0 Å². The summed E-state index contributed by atoms with van der Waals surface area (Å²) in [5.74, 6) is -3.43. The number of carbonyl (C=O) groups is 4. The number of carboxylic acid groups (broad SMARTS) is 1. The van der Waals surface area contributed by atoms with E-state index in [0.717, 1.165) is 0 Å². The molecular formula is C15H25NO9S. The first-order valence-electron chi connectivity index (χ1n) is 8.04. The molecule has 0 fully saturated rings. The highest BCUT2D eigenvalue weighted by Crippen LogP contribution is 1.99. The summed E-state index contributed by atoms with van der Waals surface area (Å²) >= 11 is 0. The van der Waals surface area contributed by atoms with Crippen LogP contribution in [-0.4, -0.2) is 69.1 Å². The van der Waals surface area contributed by atoms with Crippen LogP contribution in [0.1, 0.15) is 39.0 Å². The molecule has 2 N–H and O–H groups in total. The van der Waals surface area contributed by atoms with Gasteiger partial charge in [-0.05, 0) is 13.3 Å². The Kier molecular flexibility index (Phi) is 12.4. The van der Waals surface area contributed by atoms with Crippen LogP contribution in [0.4, 0.5) is 0 Å². The Morgan fingerprint density at radius 1 is 0.923 bits per heavy atom. The molecule has 0 heterocycles. The maximum absolute atomic E-state index is 11.6. The van der Waals surface area contributed by atoms with Gasteiger partial charge in [-0.2, -0.15) is 0 Å². The van der Waals surface area contributed by atoms with E-state index < -0.39 is 34.1 Å². The number of nitrogens with one attached hydrogen (secondary N) is 1. The van der Waals surface area contributed by atoms with Gasteiger partial charge < -0.3 is 14.6 Å². The van der Waals surface area contributed by atoms with Crippen molar-refractivity contribution in [3.05, 3.63) is 0 Å². The smallest absolute Gasteiger partial charge is 0.312 e. The van der Waals surface area contributed by atoms with Crippen LogP contribution in [0.3, 0.4) is 0 Å². The first-order valence-corrected chi connectivity index (χ1v) is 9.69. The van der Waals surface area contributed by atoms with Crippen molar-refractivity contribution >= 4 is 33.5 Å². The number of amides is 1. The van der Waals surface area contributed by atoms with Crippen molar-refractivity contribution in [1.29, 1.82) is 0 Å². The zero-order valence-electron chi connectivity index (χ0n) is 14.7. The molecule has 150 valence electrons. The van der Waals surface area contributed by atoms with E-state index in [0.29, 0.717) is 39.3 Å². The lowest BCUT2D eigenvalue weighted by atomic mass is 10.2. The molecule has 0 aliphatic carbocycles. The fraction of sp³-hybridized carbons (Fsp3) is 0.733. The van der Waals surface area contributed by atoms with E-state index in [1.54, 1.807) is 4.72 Å². The molecule has 0 aromatic heterocycles. The van der Waals surface area contributed by atoms with Crippen molar-refractivity contribution < 1.29 is 42.2 Å². The predicted molar refractivity (Wildman–Crippen MR) is 90.0 cm³/mol. The standard InChI is InChI=1S/C15H25NO9S/c1-12(17)4-7-25-9-8-24-6-2-3-13(18)5-10-26(22,23)16-14(19)11-15(20)21/h2-11H2,1H3,(H,16,19)(H,20,21). The molecule has 10 nitrogen and oxygen atoms in total. The summed E-state index contributed by atoms with van der Waals surface area (Å²) in [6, 6.07) is 0. The molecule has 0 radical (unpaired) electrons. The molecule has 11 heteroatoms. The highest BCUT2D eigenvalue weighted by atomic mass is 32.2. The molecule has 0 aliphatic rings. The minimum Gasteiger partial charge on any atom is -0.481 e. The maximum Gasteiger partial charge on any atom is 0.312 e. The Hall–Kier alpha value is -1.85. The molecule has 0 saturated carbocycles. The number of carbonyl (C=O) groups excluding carboxylic acids is 3. The van der Waals surface area contributed by atoms with Crippen LogP contribution < -0.4 is 4.72 Å². The molecule has 1 amide bonds. The van der Waals surface area contributed by atoms with Gasteiger partial charge in [0, 0.05) is 25.9 Å². The number of ether oxygens (including phenoxy) is 2. The van der Waals surface area contributed by atoms with E-state index in [-0.39, 0.29) is 24.4 Å². The van der Waals surface area contributed by atoms with Gasteiger partial charge in [-0.3, -0.25) is 23.9 Å². The van der Waals surface area contributed by atoms with E-state index in [4.69, 9.17) is 14.6 Å². The Morgan fingerprint density at radius 3 is 2.12 bits per heavy atom. The fourth-order valence-electron chi connectivity index (χ4n) is 1.68. The number of carboxylic acids is 1. The van der Waals surface area contributed by atoms with Gasteiger partial charge in [0.1, 0.15) is 18.0 Å². The lowest BCUT2D eigenvalue weighted by Crippen LogP contribution is -2.34. The Morgan fingerprint density at radius 2 is 1.54 bits per heavy atom. The highest BCUT2D eigenvalue weighted by Gasteiger charge is 2.18. The number of hydrogen-bond donors (Lipinski definition) is 2. The Labute approximate surface area is 152 Å². The summed E-state index contributed by atoms with van der Waals surface area (Å²) in [6.45, 7) is 2.80. The molecule has 0 atom stereocenters. The van der Waals surface area contributed by atoms with E-state index >= 15 is 0 Å². The van der Waals surface area contributed by atoms with Crippen LogP contribution >= 0.6 is 0 Å². The highest BCUT2D eigenvalue weighted by molar-refractivity contribution is 7.90. The van der Waals surface area contributed by atoms with Crippen molar-refractivity contribution in [1.82, 2.24) is 4.72 Å². The van der Waals surface area contributed by atoms with Gasteiger partial charge in [0.2, 0.25) is 15.9 Å². The van der Waals surface area contributed by atoms with Crippen molar-refractivity contribution in [3.8, 4) is 0 Å². The number of Topliss-reactive ketones (excluding diaryl/α,β-unsaturated/α-hetero) is 2. The number of sulfonamides is 1. The molecule has 0 aromatic carbocycles. The SMILES string of the molecule is CC(=O)CCOCCOCCCC(=O)CCS(=O)(=O)NC(=O)CC(=O)O. The maximum atomic E-state index is 11.6. The summed E-state index contributed by atoms with van der Waals surface area (Å²) in [5, 5.41) is 8.38. The number of aliphatic carboxylic acids is 1. The number of hydrogen-bond acceptors (Lipinski definition) is 8. The number of ketones is 2. The van der Waals surface area contributed by atoms with Crippen molar-refractivity contribution in [2.75, 3.05) is 32.2 Å². The second-order valence-corrected chi connectivity index (χ2v) is 7.33. The summed E-state index contributed by atoms with van der Waals surface area (Å²) in [4.78, 5) is 43.7. The van der Waals surface area contributed by atoms with Gasteiger partial charge in [-0.25, -0.2) is 8.42 Å². The summed E-state index contributed by atoms with van der Waals surface area (Å²) in [7, 11) is -4.03. The molecular weight excluding hydrogens is 370 g/mol. The van der Waals surface area contributed by atoms with E-state index in [2.05, 4.69) is 0 Å². The zero-order chi connectivity index (χ0) is 20.0. The fourth-order valence-corrected chi connectivity index (χ4v) is 2.70. The second kappa shape index (κ2) is 13.4. The molecule has 0 aliphatic heterocycles. The molecule has 0 bridgehead atoms. The third kappa shape index (κ3) is 15.7. The first kappa shape index (κ1) is 24.1. The Balaban J connectivity index is 3.72. The van der Waals surface area contributed by atoms with Crippen LogP contribution in [0, 0.1) is 0 Å². The average Bonchev–Trinajstić information content (AvgIpc) is 2.49. The quantitative estimate of drug-likeness (QED) is 0.264. The largest absolute Gasteiger partial charge is 0.481 e. The second-order valence-electron chi connectivity index (χ2n) is 5.48. The summed E-state index contributed by atoms with van der Waals surface area (Å²) in [6.07, 6.45) is -0.331. The third-order valence-electron chi connectivity index (χ3n) is 2.95. The monoisotopic (exact) mass is 395 g/mol. The van der Waals surface area contributed by atoms with Crippen molar-refractivity contribution in [2.24, 2.45) is 0 Å². The summed E-state index contributed by atoms with van der Waals surface area (Å²) < 4.78 is 35.0. The lowest BCUT2D eigenvalue weighted by Gasteiger charge is -2.06. The molecule has 26 heavy (non-hydrogen) atoms. The number of rotatable bonds is 16. The minimum atomic E-state index is -4.03. The predicted octanol–water partition coefficient (Wildman–Crippen LogP) is -0.341. The topological polar surface area (TPSA) is 153 Å². The molecule has 0 rings (SSSR count). The molecule has 0 aromatic rings.